The van der Waals surface area contributed by atoms with Crippen LogP contribution < -0.4 is 0 Å². The van der Waals surface area contributed by atoms with E-state index in [0.717, 1.165) is 15.8 Å². The zero-order chi connectivity index (χ0) is 20.4. The van der Waals surface area contributed by atoms with Crippen LogP contribution in [0.5, 0.6) is 0 Å². The molecule has 0 radical (unpaired) electrons. The van der Waals surface area contributed by atoms with Crippen molar-refractivity contribution in [3.05, 3.63) is 61.6 Å². The third kappa shape index (κ3) is 3.78. The molecule has 3 aromatic rings. The number of allylic oxidation sites excluding steroid dienone is 1. The molecule has 3 rings (SSSR count). The summed E-state index contributed by atoms with van der Waals surface area (Å²) in [6, 6.07) is 6.22. The first-order valence-corrected chi connectivity index (χ1v) is 10.9. The van der Waals surface area contributed by atoms with Gasteiger partial charge in [-0.2, -0.15) is 5.26 Å². The second kappa shape index (κ2) is 8.34. The Balaban J connectivity index is 1.88. The predicted octanol–water partition coefficient (Wildman–Crippen LogP) is 5.78. The Morgan fingerprint density at radius 3 is 2.32 bits per heavy atom. The fourth-order valence-electron chi connectivity index (χ4n) is 3.27. The van der Waals surface area contributed by atoms with Crippen molar-refractivity contribution in [1.82, 2.24) is 14.8 Å². The van der Waals surface area contributed by atoms with Crippen molar-refractivity contribution in [2.75, 3.05) is 0 Å². The van der Waals surface area contributed by atoms with Crippen LogP contribution in [0.3, 0.4) is 0 Å². The van der Waals surface area contributed by atoms with Crippen molar-refractivity contribution >= 4 is 34.7 Å². The van der Waals surface area contributed by atoms with E-state index in [4.69, 9.17) is 0 Å². The van der Waals surface area contributed by atoms with Gasteiger partial charge in [0.2, 0.25) is 0 Å². The maximum absolute atomic E-state index is 9.58. The number of rotatable bonds is 5. The molecule has 0 atom stereocenters. The molecule has 0 saturated heterocycles. The molecule has 144 valence electrons. The van der Waals surface area contributed by atoms with Crippen LogP contribution in [0.1, 0.15) is 44.1 Å². The first kappa shape index (κ1) is 20.4. The van der Waals surface area contributed by atoms with Crippen LogP contribution >= 0.6 is 23.1 Å². The Morgan fingerprint density at radius 1 is 1.11 bits per heavy atom. The molecular weight excluding hydrogens is 384 g/mol. The van der Waals surface area contributed by atoms with Gasteiger partial charge in [0.1, 0.15) is 6.07 Å². The summed E-state index contributed by atoms with van der Waals surface area (Å²) in [6.07, 6.45) is 1.87. The molecule has 2 aromatic heterocycles. The minimum Gasteiger partial charge on any atom is -0.305 e. The van der Waals surface area contributed by atoms with Crippen molar-refractivity contribution in [2.24, 2.45) is 7.05 Å². The summed E-state index contributed by atoms with van der Waals surface area (Å²) >= 11 is 3.26. The van der Waals surface area contributed by atoms with E-state index >= 15 is 0 Å². The Morgan fingerprint density at radius 2 is 1.75 bits per heavy atom. The lowest BCUT2D eigenvalue weighted by Crippen LogP contribution is -2.03. The molecule has 6 heteroatoms. The average Bonchev–Trinajstić information content (AvgIpc) is 3.33. The molecule has 0 saturated carbocycles. The maximum Gasteiger partial charge on any atom is 0.191 e. The van der Waals surface area contributed by atoms with Crippen LogP contribution in [0.15, 0.2) is 22.7 Å². The topological polar surface area (TPSA) is 54.5 Å². The van der Waals surface area contributed by atoms with E-state index in [2.05, 4.69) is 50.9 Å². The molecule has 0 N–H and O–H groups in total. The second-order valence-corrected chi connectivity index (χ2v) is 8.86. The minimum absolute atomic E-state index is 0.527. The van der Waals surface area contributed by atoms with Gasteiger partial charge in [-0.3, -0.25) is 0 Å². The molecule has 0 aliphatic rings. The maximum atomic E-state index is 9.58. The van der Waals surface area contributed by atoms with E-state index in [1.807, 2.05) is 35.2 Å². The molecule has 0 spiro atoms. The van der Waals surface area contributed by atoms with Crippen molar-refractivity contribution < 1.29 is 0 Å². The van der Waals surface area contributed by atoms with Gasteiger partial charge < -0.3 is 4.57 Å². The van der Waals surface area contributed by atoms with E-state index in [0.29, 0.717) is 11.4 Å². The van der Waals surface area contributed by atoms with Gasteiger partial charge in [0, 0.05) is 17.7 Å². The standard InChI is InChI=1S/C22H24N4S2/c1-13-14(2)16(4)20(17(5)15(13)3)12-28-22-25-24-21(26(22)6)18(11-23)10-19-8-7-9-27-19/h7-10H,12H2,1-6H3/b18-10+. The van der Waals surface area contributed by atoms with Gasteiger partial charge in [-0.25, -0.2) is 0 Å². The van der Waals surface area contributed by atoms with E-state index < -0.39 is 0 Å². The van der Waals surface area contributed by atoms with Crippen molar-refractivity contribution in [1.29, 1.82) is 5.26 Å². The minimum atomic E-state index is 0.527. The van der Waals surface area contributed by atoms with E-state index in [1.54, 1.807) is 23.1 Å². The van der Waals surface area contributed by atoms with Crippen LogP contribution in [-0.2, 0) is 12.8 Å². The van der Waals surface area contributed by atoms with Crippen LogP contribution in [0.2, 0.25) is 0 Å². The molecule has 0 fully saturated rings. The van der Waals surface area contributed by atoms with Gasteiger partial charge in [-0.05, 0) is 85.5 Å². The Bertz CT molecular complexity index is 1050. The summed E-state index contributed by atoms with van der Waals surface area (Å²) < 4.78 is 1.91. The summed E-state index contributed by atoms with van der Waals surface area (Å²) in [6.45, 7) is 11.0. The molecule has 2 heterocycles. The lowest BCUT2D eigenvalue weighted by molar-refractivity contribution is 0.780. The molecule has 0 aliphatic carbocycles. The summed E-state index contributed by atoms with van der Waals surface area (Å²) in [5.74, 6) is 1.44. The number of thiophene rings is 1. The molecule has 1 aromatic carbocycles. The summed E-state index contributed by atoms with van der Waals surface area (Å²) in [5, 5.41) is 21.0. The smallest absolute Gasteiger partial charge is 0.191 e. The molecular formula is C22H24N4S2. The van der Waals surface area contributed by atoms with Gasteiger partial charge in [0.25, 0.3) is 0 Å². The Labute approximate surface area is 174 Å². The van der Waals surface area contributed by atoms with Crippen molar-refractivity contribution in [2.45, 2.75) is 45.5 Å². The Kier molecular flexibility index (Phi) is 6.07. The fourth-order valence-corrected chi connectivity index (χ4v) is 5.01. The summed E-state index contributed by atoms with van der Waals surface area (Å²) in [4.78, 5) is 1.03. The van der Waals surface area contributed by atoms with E-state index in [1.165, 1.54) is 33.4 Å². The number of benzene rings is 1. The van der Waals surface area contributed by atoms with Gasteiger partial charge >= 0.3 is 0 Å². The SMILES string of the molecule is Cc1c(C)c(C)c(CSc2nnc(/C(C#N)=C/c3cccs3)n2C)c(C)c1C. The normalized spacial score (nSPS) is 11.7. The molecule has 0 aliphatic heterocycles. The van der Waals surface area contributed by atoms with E-state index in [-0.39, 0.29) is 0 Å². The zero-order valence-corrected chi connectivity index (χ0v) is 18.8. The van der Waals surface area contributed by atoms with Crippen molar-refractivity contribution in [3.63, 3.8) is 0 Å². The van der Waals surface area contributed by atoms with Crippen LogP contribution in [0.25, 0.3) is 11.6 Å². The molecule has 0 bridgehead atoms. The second-order valence-electron chi connectivity index (χ2n) is 6.94. The zero-order valence-electron chi connectivity index (χ0n) is 17.1. The number of nitrogens with zero attached hydrogens (tertiary/aromatic N) is 4. The Hall–Kier alpha value is -2.36. The average molecular weight is 409 g/mol. The molecule has 28 heavy (non-hydrogen) atoms. The highest BCUT2D eigenvalue weighted by molar-refractivity contribution is 7.98. The van der Waals surface area contributed by atoms with Crippen LogP contribution in [-0.4, -0.2) is 14.8 Å². The highest BCUT2D eigenvalue weighted by Crippen LogP contribution is 2.31. The van der Waals surface area contributed by atoms with Gasteiger partial charge in [0.15, 0.2) is 11.0 Å². The van der Waals surface area contributed by atoms with Crippen molar-refractivity contribution in [3.8, 4) is 6.07 Å². The largest absolute Gasteiger partial charge is 0.305 e. The highest BCUT2D eigenvalue weighted by Gasteiger charge is 2.16. The lowest BCUT2D eigenvalue weighted by atomic mass is 9.90. The highest BCUT2D eigenvalue weighted by atomic mass is 32.2. The number of aromatic nitrogens is 3. The summed E-state index contributed by atoms with van der Waals surface area (Å²) in [5.41, 5.74) is 8.70. The van der Waals surface area contributed by atoms with Crippen LogP contribution in [0, 0.1) is 45.9 Å². The number of thioether (sulfide) groups is 1. The third-order valence-corrected chi connectivity index (χ3v) is 7.39. The first-order chi connectivity index (χ1) is 13.3. The predicted molar refractivity (Wildman–Crippen MR) is 118 cm³/mol. The van der Waals surface area contributed by atoms with E-state index in [9.17, 15) is 5.26 Å². The monoisotopic (exact) mass is 408 g/mol. The number of hydrogen-bond donors (Lipinski definition) is 0. The number of nitriles is 1. The molecule has 0 amide bonds. The summed E-state index contributed by atoms with van der Waals surface area (Å²) in [7, 11) is 1.92. The van der Waals surface area contributed by atoms with Gasteiger partial charge in [0.05, 0.1) is 5.57 Å². The van der Waals surface area contributed by atoms with Gasteiger partial charge in [-0.15, -0.1) is 21.5 Å². The quantitative estimate of drug-likeness (QED) is 0.397. The molecule has 0 unspecified atom stereocenters. The fraction of sp³-hybridized carbons (Fsp3) is 0.318. The third-order valence-electron chi connectivity index (χ3n) is 5.53. The van der Waals surface area contributed by atoms with Crippen LogP contribution in [0.4, 0.5) is 0 Å². The van der Waals surface area contributed by atoms with Gasteiger partial charge in [-0.1, -0.05) is 17.8 Å². The lowest BCUT2D eigenvalue weighted by Gasteiger charge is -2.18. The number of hydrogen-bond acceptors (Lipinski definition) is 5. The molecule has 4 nitrogen and oxygen atoms in total. The first-order valence-electron chi connectivity index (χ1n) is 9.08.